The maximum atomic E-state index is 13.1. The molecule has 3 rings (SSSR count). The van der Waals surface area contributed by atoms with Gasteiger partial charge < -0.3 is 4.74 Å². The zero-order valence-corrected chi connectivity index (χ0v) is 16.5. The van der Waals surface area contributed by atoms with Gasteiger partial charge in [-0.1, -0.05) is 18.2 Å². The second kappa shape index (κ2) is 9.51. The Hall–Kier alpha value is -3.54. The van der Waals surface area contributed by atoms with Crippen molar-refractivity contribution in [2.75, 3.05) is 13.2 Å². The summed E-state index contributed by atoms with van der Waals surface area (Å²) in [4.78, 5) is 12.5. The number of hydrogen-bond donors (Lipinski definition) is 0. The molecule has 0 spiro atoms. The number of aromatic nitrogens is 4. The molecule has 0 fully saturated rings. The molecular weight excluding hydrogens is 417 g/mol. The molecule has 0 atom stereocenters. The fourth-order valence-electron chi connectivity index (χ4n) is 2.94. The van der Waals surface area contributed by atoms with Gasteiger partial charge in [-0.25, -0.2) is 0 Å². The molecule has 31 heavy (non-hydrogen) atoms. The minimum absolute atomic E-state index is 0.156. The third-order valence-corrected chi connectivity index (χ3v) is 4.19. The second-order valence-corrected chi connectivity index (χ2v) is 6.57. The average Bonchev–Trinajstić information content (AvgIpc) is 3.16. The van der Waals surface area contributed by atoms with Crippen LogP contribution in [0.2, 0.25) is 0 Å². The smallest absolute Gasteiger partial charge is 0.401 e. The van der Waals surface area contributed by atoms with Crippen molar-refractivity contribution in [1.82, 2.24) is 25.1 Å². The minimum atomic E-state index is -4.51. The van der Waals surface area contributed by atoms with Crippen LogP contribution in [0, 0.1) is 10.1 Å². The van der Waals surface area contributed by atoms with E-state index in [1.165, 1.54) is 24.3 Å². The first-order chi connectivity index (χ1) is 14.7. The molecule has 0 bridgehead atoms. The lowest BCUT2D eigenvalue weighted by molar-refractivity contribution is -0.385. The Morgan fingerprint density at radius 2 is 1.87 bits per heavy atom. The highest BCUT2D eigenvalue weighted by Crippen LogP contribution is 2.23. The van der Waals surface area contributed by atoms with Gasteiger partial charge in [-0.15, -0.1) is 15.0 Å². The number of rotatable bonds is 9. The highest BCUT2D eigenvalue weighted by Gasteiger charge is 2.32. The molecule has 0 saturated carbocycles. The van der Waals surface area contributed by atoms with Gasteiger partial charge in [0.1, 0.15) is 12.4 Å². The van der Waals surface area contributed by atoms with Crippen molar-refractivity contribution in [3.63, 3.8) is 0 Å². The number of benzene rings is 2. The summed E-state index contributed by atoms with van der Waals surface area (Å²) in [6, 6.07) is 12.5. The summed E-state index contributed by atoms with van der Waals surface area (Å²) in [5, 5.41) is 23.0. The number of nitrogens with zero attached hydrogens (tertiary/aromatic N) is 6. The molecule has 0 amide bonds. The molecule has 12 heteroatoms. The lowest BCUT2D eigenvalue weighted by Gasteiger charge is -2.22. The van der Waals surface area contributed by atoms with Crippen molar-refractivity contribution in [3.8, 4) is 17.1 Å². The molecule has 1 aromatic heterocycles. The molecule has 3 aromatic rings. The maximum absolute atomic E-state index is 13.1. The SMILES string of the molecule is CCOc1ccc(-c2nnn(CN(Cc3ccccc3[N+](=O)[O-])CC(F)(F)F)n2)cc1. The fraction of sp³-hybridized carbons (Fsp3) is 0.316. The molecule has 0 radical (unpaired) electrons. The monoisotopic (exact) mass is 436 g/mol. The van der Waals surface area contributed by atoms with Gasteiger partial charge in [0.15, 0.2) is 0 Å². The first-order valence-corrected chi connectivity index (χ1v) is 9.27. The largest absolute Gasteiger partial charge is 0.494 e. The highest BCUT2D eigenvalue weighted by atomic mass is 19.4. The molecule has 2 aromatic carbocycles. The first-order valence-electron chi connectivity index (χ1n) is 9.27. The molecular formula is C19H19F3N6O3. The number of hydrogen-bond acceptors (Lipinski definition) is 7. The zero-order valence-electron chi connectivity index (χ0n) is 16.5. The van der Waals surface area contributed by atoms with E-state index in [4.69, 9.17) is 4.74 Å². The third kappa shape index (κ3) is 6.22. The molecule has 9 nitrogen and oxygen atoms in total. The van der Waals surface area contributed by atoms with Gasteiger partial charge in [-0.2, -0.15) is 13.2 Å². The van der Waals surface area contributed by atoms with E-state index in [-0.39, 0.29) is 30.3 Å². The van der Waals surface area contributed by atoms with Crippen LogP contribution in [0.5, 0.6) is 5.75 Å². The third-order valence-electron chi connectivity index (χ3n) is 4.19. The number of nitro benzene ring substituents is 1. The first kappa shape index (κ1) is 22.2. The van der Waals surface area contributed by atoms with Crippen LogP contribution < -0.4 is 4.74 Å². The standard InChI is InChI=1S/C19H19F3N6O3/c1-2-31-16-9-7-14(8-10-16)18-23-25-27(24-18)13-26(12-19(20,21)22)11-15-5-3-4-6-17(15)28(29)30/h3-10H,2,11-13H2,1H3. The molecule has 0 unspecified atom stereocenters. The minimum Gasteiger partial charge on any atom is -0.494 e. The summed E-state index contributed by atoms with van der Waals surface area (Å²) >= 11 is 0. The van der Waals surface area contributed by atoms with E-state index in [9.17, 15) is 23.3 Å². The van der Waals surface area contributed by atoms with E-state index in [0.29, 0.717) is 17.9 Å². The van der Waals surface area contributed by atoms with Crippen LogP contribution in [0.4, 0.5) is 18.9 Å². The van der Waals surface area contributed by atoms with Crippen LogP contribution in [0.25, 0.3) is 11.4 Å². The number of ether oxygens (including phenoxy) is 1. The van der Waals surface area contributed by atoms with Gasteiger partial charge in [0.25, 0.3) is 5.69 Å². The van der Waals surface area contributed by atoms with Crippen LogP contribution >= 0.6 is 0 Å². The normalized spacial score (nSPS) is 11.6. The number of halogens is 3. The van der Waals surface area contributed by atoms with Crippen molar-refractivity contribution >= 4 is 5.69 Å². The Morgan fingerprint density at radius 3 is 2.52 bits per heavy atom. The van der Waals surface area contributed by atoms with Gasteiger partial charge in [0.2, 0.25) is 5.82 Å². The van der Waals surface area contributed by atoms with E-state index >= 15 is 0 Å². The predicted octanol–water partition coefficient (Wildman–Crippen LogP) is 3.67. The maximum Gasteiger partial charge on any atom is 0.401 e. The Bertz CT molecular complexity index is 1020. The molecule has 0 N–H and O–H groups in total. The number of nitro groups is 1. The van der Waals surface area contributed by atoms with Gasteiger partial charge in [0, 0.05) is 23.7 Å². The second-order valence-electron chi connectivity index (χ2n) is 6.57. The van der Waals surface area contributed by atoms with Crippen molar-refractivity contribution in [2.45, 2.75) is 26.3 Å². The van der Waals surface area contributed by atoms with Gasteiger partial charge in [-0.3, -0.25) is 15.0 Å². The topological polar surface area (TPSA) is 99.2 Å². The summed E-state index contributed by atoms with van der Waals surface area (Å²) in [6.45, 7) is 0.422. The molecule has 0 aliphatic rings. The van der Waals surface area contributed by atoms with E-state index in [1.54, 1.807) is 24.3 Å². The van der Waals surface area contributed by atoms with Crippen molar-refractivity contribution in [2.24, 2.45) is 0 Å². The Labute approximate surface area is 175 Å². The van der Waals surface area contributed by atoms with Crippen LogP contribution in [-0.2, 0) is 13.2 Å². The van der Waals surface area contributed by atoms with Crippen molar-refractivity contribution in [1.29, 1.82) is 0 Å². The number of tetrazole rings is 1. The molecule has 0 aliphatic carbocycles. The number of alkyl halides is 3. The summed E-state index contributed by atoms with van der Waals surface area (Å²) in [5.41, 5.74) is 0.524. The van der Waals surface area contributed by atoms with Crippen LogP contribution in [0.3, 0.4) is 0 Å². The summed E-state index contributed by atoms with van der Waals surface area (Å²) in [7, 11) is 0. The predicted molar refractivity (Wildman–Crippen MR) is 104 cm³/mol. The van der Waals surface area contributed by atoms with E-state index in [2.05, 4.69) is 15.4 Å². The van der Waals surface area contributed by atoms with Crippen LogP contribution in [0.15, 0.2) is 48.5 Å². The fourth-order valence-corrected chi connectivity index (χ4v) is 2.94. The lowest BCUT2D eigenvalue weighted by atomic mass is 10.1. The van der Waals surface area contributed by atoms with Crippen molar-refractivity contribution in [3.05, 3.63) is 64.2 Å². The van der Waals surface area contributed by atoms with Crippen molar-refractivity contribution < 1.29 is 22.8 Å². The Balaban J connectivity index is 1.78. The Morgan fingerprint density at radius 1 is 1.16 bits per heavy atom. The Kier molecular flexibility index (Phi) is 6.80. The van der Waals surface area contributed by atoms with Gasteiger partial charge in [-0.05, 0) is 36.4 Å². The van der Waals surface area contributed by atoms with E-state index < -0.39 is 17.6 Å². The molecule has 164 valence electrons. The van der Waals surface area contributed by atoms with E-state index in [1.807, 2.05) is 6.92 Å². The van der Waals surface area contributed by atoms with E-state index in [0.717, 1.165) is 9.70 Å². The summed E-state index contributed by atoms with van der Waals surface area (Å²) in [5.74, 6) is 0.903. The summed E-state index contributed by atoms with van der Waals surface area (Å²) < 4.78 is 44.6. The zero-order chi connectivity index (χ0) is 22.4. The molecule has 0 saturated heterocycles. The average molecular weight is 436 g/mol. The quantitative estimate of drug-likeness (QED) is 0.373. The molecule has 0 aliphatic heterocycles. The molecule has 1 heterocycles. The number of para-hydroxylation sites is 1. The van der Waals surface area contributed by atoms with Crippen LogP contribution in [-0.4, -0.2) is 49.4 Å². The lowest BCUT2D eigenvalue weighted by Crippen LogP contribution is -2.36. The van der Waals surface area contributed by atoms with Gasteiger partial charge >= 0.3 is 6.18 Å². The van der Waals surface area contributed by atoms with Crippen LogP contribution in [0.1, 0.15) is 12.5 Å². The highest BCUT2D eigenvalue weighted by molar-refractivity contribution is 5.55. The van der Waals surface area contributed by atoms with Gasteiger partial charge in [0.05, 0.1) is 18.1 Å². The summed E-state index contributed by atoms with van der Waals surface area (Å²) in [6.07, 6.45) is -4.51.